The lowest BCUT2D eigenvalue weighted by atomic mass is 9.57. The highest BCUT2D eigenvalue weighted by Crippen LogP contribution is 2.55. The van der Waals surface area contributed by atoms with Crippen molar-refractivity contribution in [3.63, 3.8) is 0 Å². The number of benzene rings is 2. The minimum absolute atomic E-state index is 0.167. The summed E-state index contributed by atoms with van der Waals surface area (Å²) in [5.41, 5.74) is 0.359. The third-order valence-electron chi connectivity index (χ3n) is 6.43. The molecule has 1 heterocycles. The first-order valence-electron chi connectivity index (χ1n) is 10.9. The van der Waals surface area contributed by atoms with Crippen molar-refractivity contribution in [1.82, 2.24) is 15.3 Å². The van der Waals surface area contributed by atoms with Gasteiger partial charge in [-0.05, 0) is 56.0 Å². The van der Waals surface area contributed by atoms with E-state index < -0.39 is 22.8 Å². The Balaban J connectivity index is 1.80. The van der Waals surface area contributed by atoms with Gasteiger partial charge in [0.15, 0.2) is 0 Å². The smallest absolute Gasteiger partial charge is 0.385 e. The van der Waals surface area contributed by atoms with Gasteiger partial charge in [0.2, 0.25) is 5.91 Å². The van der Waals surface area contributed by atoms with Gasteiger partial charge in [-0.3, -0.25) is 4.79 Å². The van der Waals surface area contributed by atoms with E-state index in [1.54, 1.807) is 19.1 Å². The lowest BCUT2D eigenvalue weighted by Crippen LogP contribution is -2.55. The quantitative estimate of drug-likeness (QED) is 0.476. The number of rotatable bonds is 5. The van der Waals surface area contributed by atoms with Gasteiger partial charge in [0.1, 0.15) is 5.82 Å². The second kappa shape index (κ2) is 8.50. The van der Waals surface area contributed by atoms with Crippen molar-refractivity contribution in [3.8, 4) is 11.3 Å². The van der Waals surface area contributed by atoms with Gasteiger partial charge in [0, 0.05) is 35.7 Å². The lowest BCUT2D eigenvalue weighted by Gasteiger charge is -2.53. The van der Waals surface area contributed by atoms with E-state index in [9.17, 15) is 23.1 Å². The van der Waals surface area contributed by atoms with Gasteiger partial charge in [-0.25, -0.2) is 9.97 Å². The van der Waals surface area contributed by atoms with E-state index in [-0.39, 0.29) is 11.8 Å². The van der Waals surface area contributed by atoms with E-state index in [0.717, 1.165) is 17.7 Å². The molecule has 1 saturated carbocycles. The number of halogens is 4. The van der Waals surface area contributed by atoms with Crippen molar-refractivity contribution < 1.29 is 23.1 Å². The van der Waals surface area contributed by atoms with Crippen molar-refractivity contribution in [2.24, 2.45) is 5.41 Å². The summed E-state index contributed by atoms with van der Waals surface area (Å²) in [6.45, 7) is 5.33. The molecular weight excluding hydrogens is 467 g/mol. The Labute approximate surface area is 200 Å². The van der Waals surface area contributed by atoms with E-state index >= 15 is 0 Å². The summed E-state index contributed by atoms with van der Waals surface area (Å²) in [6, 6.07) is 8.65. The van der Waals surface area contributed by atoms with Crippen LogP contribution >= 0.6 is 11.6 Å². The van der Waals surface area contributed by atoms with E-state index in [0.29, 0.717) is 52.9 Å². The van der Waals surface area contributed by atoms with Gasteiger partial charge in [-0.1, -0.05) is 18.2 Å². The highest BCUT2D eigenvalue weighted by atomic mass is 35.5. The van der Waals surface area contributed by atoms with Crippen LogP contribution < -0.4 is 5.32 Å². The Morgan fingerprint density at radius 1 is 1.18 bits per heavy atom. The molecule has 4 rings (SSSR count). The van der Waals surface area contributed by atoms with Gasteiger partial charge >= 0.3 is 6.18 Å². The number of aryl methyl sites for hydroxylation is 2. The molecule has 1 aromatic heterocycles. The normalized spacial score (nSPS) is 22.5. The van der Waals surface area contributed by atoms with E-state index in [1.807, 2.05) is 13.0 Å². The molecule has 1 aliphatic rings. The third-order valence-corrected chi connectivity index (χ3v) is 7.00. The topological polar surface area (TPSA) is 75.1 Å². The van der Waals surface area contributed by atoms with Crippen LogP contribution in [0, 0.1) is 19.3 Å². The number of carbonyl (C=O) groups is 1. The first kappa shape index (κ1) is 24.4. The Hall–Kier alpha value is -2.71. The monoisotopic (exact) mass is 491 g/mol. The van der Waals surface area contributed by atoms with E-state index in [2.05, 4.69) is 15.3 Å². The third kappa shape index (κ3) is 4.49. The fraction of sp³-hybridized carbons (Fsp3) is 0.400. The molecule has 0 atom stereocenters. The number of carbonyl (C=O) groups excluding carboxylic acids is 1. The maximum Gasteiger partial charge on any atom is 0.416 e. The van der Waals surface area contributed by atoms with Crippen LogP contribution in [0.2, 0.25) is 0 Å². The Morgan fingerprint density at radius 2 is 1.88 bits per heavy atom. The largest absolute Gasteiger partial charge is 0.416 e. The minimum atomic E-state index is -4.48. The standard InChI is InChI=1S/C25H25ClF3N3O2/c1-14-7-19(24(34)10-23(11-24,12-26)13-30-16(3)33)9-20-21(14)31-15(2)32-22(20)17-5-4-6-18(8-17)25(27,28)29/h4-9,34H,10-13H2,1-3H3,(H,30,33). The summed E-state index contributed by atoms with van der Waals surface area (Å²) < 4.78 is 40.0. The van der Waals surface area contributed by atoms with Crippen molar-refractivity contribution in [2.45, 2.75) is 45.4 Å². The predicted octanol–water partition coefficient (Wildman–Crippen LogP) is 5.28. The number of nitrogens with one attached hydrogen (secondary N) is 1. The van der Waals surface area contributed by atoms with Gasteiger partial charge in [0.25, 0.3) is 0 Å². The summed E-state index contributed by atoms with van der Waals surface area (Å²) >= 11 is 6.18. The van der Waals surface area contributed by atoms with Crippen LogP contribution in [0.1, 0.15) is 42.3 Å². The molecular formula is C25H25ClF3N3O2. The molecule has 1 aliphatic carbocycles. The van der Waals surface area contributed by atoms with Gasteiger partial charge in [-0.15, -0.1) is 11.6 Å². The Morgan fingerprint density at radius 3 is 2.50 bits per heavy atom. The van der Waals surface area contributed by atoms with Crippen molar-refractivity contribution in [1.29, 1.82) is 0 Å². The summed E-state index contributed by atoms with van der Waals surface area (Å²) in [7, 11) is 0. The number of aromatic nitrogens is 2. The average Bonchev–Trinajstić information content (AvgIpc) is 2.75. The van der Waals surface area contributed by atoms with Crippen LogP contribution in [0.15, 0.2) is 36.4 Å². The molecule has 0 saturated heterocycles. The summed E-state index contributed by atoms with van der Waals surface area (Å²) in [6.07, 6.45) is -3.78. The fourth-order valence-corrected chi connectivity index (χ4v) is 5.10. The highest BCUT2D eigenvalue weighted by Gasteiger charge is 2.54. The highest BCUT2D eigenvalue weighted by molar-refractivity contribution is 6.18. The average molecular weight is 492 g/mol. The maximum absolute atomic E-state index is 13.3. The van der Waals surface area contributed by atoms with Crippen LogP contribution in [0.5, 0.6) is 0 Å². The first-order chi connectivity index (χ1) is 15.9. The van der Waals surface area contributed by atoms with Gasteiger partial charge in [0.05, 0.1) is 22.4 Å². The van der Waals surface area contributed by atoms with Crippen LogP contribution in [0.25, 0.3) is 22.2 Å². The number of fused-ring (bicyclic) bond motifs is 1. The van der Waals surface area contributed by atoms with Gasteiger partial charge in [-0.2, -0.15) is 13.2 Å². The molecule has 5 nitrogen and oxygen atoms in total. The minimum Gasteiger partial charge on any atom is -0.385 e. The van der Waals surface area contributed by atoms with Crippen LogP contribution in [-0.2, 0) is 16.6 Å². The van der Waals surface area contributed by atoms with Crippen molar-refractivity contribution in [2.75, 3.05) is 12.4 Å². The molecule has 0 aliphatic heterocycles. The number of hydrogen-bond acceptors (Lipinski definition) is 4. The SMILES string of the molecule is CC(=O)NCC1(CCl)CC(O)(c2cc(C)c3nc(C)nc(-c4cccc(C(F)(F)F)c4)c3c2)C1. The zero-order valence-corrected chi connectivity index (χ0v) is 19.8. The molecule has 0 radical (unpaired) electrons. The number of nitrogens with zero attached hydrogens (tertiary/aromatic N) is 2. The summed E-state index contributed by atoms with van der Waals surface area (Å²) in [5, 5.41) is 14.7. The Kier molecular flexibility index (Phi) is 6.10. The second-order valence-electron chi connectivity index (χ2n) is 9.32. The maximum atomic E-state index is 13.3. The van der Waals surface area contributed by atoms with Crippen molar-refractivity contribution in [3.05, 3.63) is 58.9 Å². The molecule has 2 N–H and O–H groups in total. The first-order valence-corrected chi connectivity index (χ1v) is 11.4. The molecule has 180 valence electrons. The van der Waals surface area contributed by atoms with Crippen molar-refractivity contribution >= 4 is 28.4 Å². The molecule has 34 heavy (non-hydrogen) atoms. The molecule has 0 unspecified atom stereocenters. The van der Waals surface area contributed by atoms with Crippen LogP contribution in [0.3, 0.4) is 0 Å². The number of alkyl halides is 4. The Bertz CT molecular complexity index is 1270. The van der Waals surface area contributed by atoms with Crippen LogP contribution in [-0.4, -0.2) is 33.4 Å². The molecule has 0 bridgehead atoms. The zero-order valence-electron chi connectivity index (χ0n) is 19.1. The second-order valence-corrected chi connectivity index (χ2v) is 9.58. The molecule has 1 amide bonds. The number of hydrogen-bond donors (Lipinski definition) is 2. The zero-order chi connectivity index (χ0) is 24.9. The summed E-state index contributed by atoms with van der Waals surface area (Å²) in [5.74, 6) is 0.550. The van der Waals surface area contributed by atoms with E-state index in [4.69, 9.17) is 11.6 Å². The number of amides is 1. The summed E-state index contributed by atoms with van der Waals surface area (Å²) in [4.78, 5) is 20.3. The lowest BCUT2D eigenvalue weighted by molar-refractivity contribution is -0.137. The fourth-order valence-electron chi connectivity index (χ4n) is 4.82. The molecule has 2 aromatic carbocycles. The molecule has 1 fully saturated rings. The molecule has 3 aromatic rings. The predicted molar refractivity (Wildman–Crippen MR) is 124 cm³/mol. The molecule has 0 spiro atoms. The van der Waals surface area contributed by atoms with Gasteiger partial charge < -0.3 is 10.4 Å². The van der Waals surface area contributed by atoms with Crippen LogP contribution in [0.4, 0.5) is 13.2 Å². The molecule has 9 heteroatoms. The number of aliphatic hydroxyl groups is 1. The van der Waals surface area contributed by atoms with E-state index in [1.165, 1.54) is 13.0 Å².